The van der Waals surface area contributed by atoms with Gasteiger partial charge in [0.1, 0.15) is 0 Å². The number of hydrogen-bond acceptors (Lipinski definition) is 1. The first-order chi connectivity index (χ1) is 12.3. The topological polar surface area (TPSA) is 23.6 Å². The van der Waals surface area contributed by atoms with Crippen molar-refractivity contribution in [3.05, 3.63) is 102 Å². The number of hydrogen-bond donors (Lipinski definition) is 0. The van der Waals surface area contributed by atoms with Crippen molar-refractivity contribution in [2.75, 3.05) is 16.8 Å². The van der Waals surface area contributed by atoms with Crippen LogP contribution >= 0.6 is 0 Å². The summed E-state index contributed by atoms with van der Waals surface area (Å²) in [5.74, 6) is 0. The minimum atomic E-state index is -0.0941. The molecule has 0 N–H and O–H groups in total. The van der Waals surface area contributed by atoms with Crippen LogP contribution in [0.2, 0.25) is 0 Å². The third-order valence-corrected chi connectivity index (χ3v) is 4.27. The summed E-state index contributed by atoms with van der Waals surface area (Å²) < 4.78 is 0. The molecule has 1 heterocycles. The number of para-hydroxylation sites is 2. The van der Waals surface area contributed by atoms with Gasteiger partial charge in [0, 0.05) is 18.7 Å². The Kier molecular flexibility index (Phi) is 3.82. The maximum absolute atomic E-state index is 13.1. The van der Waals surface area contributed by atoms with Crippen molar-refractivity contribution in [3.8, 4) is 0 Å². The minimum absolute atomic E-state index is 0.0941. The maximum atomic E-state index is 13.1. The highest BCUT2D eigenvalue weighted by molar-refractivity contribution is 6.17. The summed E-state index contributed by atoms with van der Waals surface area (Å²) in [6, 6.07) is 27.4. The molecule has 2 amide bonds. The number of carbonyl (C=O) groups is 1. The summed E-state index contributed by atoms with van der Waals surface area (Å²) in [7, 11) is 1.80. The second-order valence-corrected chi connectivity index (χ2v) is 5.87. The van der Waals surface area contributed by atoms with E-state index in [0.717, 1.165) is 28.2 Å². The van der Waals surface area contributed by atoms with Crippen LogP contribution in [0.5, 0.6) is 0 Å². The predicted octanol–water partition coefficient (Wildman–Crippen LogP) is 4.96. The molecule has 0 unspecified atom stereocenters. The van der Waals surface area contributed by atoms with Crippen molar-refractivity contribution in [2.24, 2.45) is 0 Å². The number of nitrogens with zero attached hydrogens (tertiary/aromatic N) is 2. The van der Waals surface area contributed by atoms with Crippen LogP contribution < -0.4 is 9.80 Å². The number of rotatable bonds is 2. The summed E-state index contributed by atoms with van der Waals surface area (Å²) in [5, 5.41) is 0. The van der Waals surface area contributed by atoms with E-state index < -0.39 is 0 Å². The van der Waals surface area contributed by atoms with Crippen LogP contribution in [0.1, 0.15) is 11.1 Å². The van der Waals surface area contributed by atoms with Gasteiger partial charge in [-0.2, -0.15) is 0 Å². The average molecular weight is 325 g/mol. The summed E-state index contributed by atoms with van der Waals surface area (Å²) in [4.78, 5) is 16.5. The fourth-order valence-corrected chi connectivity index (χ4v) is 3.03. The third kappa shape index (κ3) is 2.70. The molecular formula is C22H17N2O. The van der Waals surface area contributed by atoms with Gasteiger partial charge in [-0.1, -0.05) is 66.7 Å². The molecule has 1 aliphatic heterocycles. The van der Waals surface area contributed by atoms with Crippen molar-refractivity contribution in [1.82, 2.24) is 0 Å². The Morgan fingerprint density at radius 3 is 2.08 bits per heavy atom. The number of fused-ring (bicyclic) bond motifs is 1. The van der Waals surface area contributed by atoms with Crippen LogP contribution in [-0.2, 0) is 0 Å². The predicted molar refractivity (Wildman–Crippen MR) is 101 cm³/mol. The monoisotopic (exact) mass is 325 g/mol. The SMILES string of the molecule is CN1C(=O)N(c2ccccc2)C(=[C]c2ccccc2)c2ccccc21. The van der Waals surface area contributed by atoms with E-state index in [4.69, 9.17) is 0 Å². The van der Waals surface area contributed by atoms with E-state index in [-0.39, 0.29) is 6.03 Å². The molecule has 1 aliphatic rings. The molecular weight excluding hydrogens is 308 g/mol. The highest BCUT2D eigenvalue weighted by Gasteiger charge is 2.32. The summed E-state index contributed by atoms with van der Waals surface area (Å²) in [5.41, 5.74) is 4.39. The molecule has 3 heteroatoms. The number of amides is 2. The van der Waals surface area contributed by atoms with Crippen molar-refractivity contribution in [3.63, 3.8) is 0 Å². The van der Waals surface area contributed by atoms with Gasteiger partial charge in [-0.05, 0) is 23.8 Å². The second kappa shape index (κ2) is 6.29. The fourth-order valence-electron chi connectivity index (χ4n) is 3.03. The van der Waals surface area contributed by atoms with Gasteiger partial charge in [0.15, 0.2) is 0 Å². The normalized spacial score (nSPS) is 15.4. The number of carbonyl (C=O) groups excluding carboxylic acids is 1. The average Bonchev–Trinajstić information content (AvgIpc) is 2.68. The van der Waals surface area contributed by atoms with E-state index in [1.54, 1.807) is 16.8 Å². The van der Waals surface area contributed by atoms with Gasteiger partial charge in [0.05, 0.1) is 17.1 Å². The molecule has 3 nitrogen and oxygen atoms in total. The minimum Gasteiger partial charge on any atom is -0.296 e. The molecule has 4 rings (SSSR count). The van der Waals surface area contributed by atoms with E-state index in [9.17, 15) is 4.79 Å². The lowest BCUT2D eigenvalue weighted by Crippen LogP contribution is -2.44. The van der Waals surface area contributed by atoms with Crippen LogP contribution in [0.25, 0.3) is 5.70 Å². The van der Waals surface area contributed by atoms with Crippen molar-refractivity contribution < 1.29 is 4.79 Å². The number of anilines is 2. The highest BCUT2D eigenvalue weighted by atomic mass is 16.2. The lowest BCUT2D eigenvalue weighted by atomic mass is 10.0. The Morgan fingerprint density at radius 2 is 1.36 bits per heavy atom. The van der Waals surface area contributed by atoms with Gasteiger partial charge in [-0.15, -0.1) is 0 Å². The second-order valence-electron chi connectivity index (χ2n) is 5.87. The molecule has 25 heavy (non-hydrogen) atoms. The van der Waals surface area contributed by atoms with Gasteiger partial charge < -0.3 is 0 Å². The zero-order chi connectivity index (χ0) is 17.2. The first kappa shape index (κ1) is 15.2. The molecule has 0 spiro atoms. The van der Waals surface area contributed by atoms with Crippen molar-refractivity contribution >= 4 is 23.1 Å². The zero-order valence-corrected chi connectivity index (χ0v) is 13.9. The Labute approximate surface area is 147 Å². The van der Waals surface area contributed by atoms with Crippen molar-refractivity contribution in [2.45, 2.75) is 0 Å². The zero-order valence-electron chi connectivity index (χ0n) is 13.9. The Bertz CT molecular complexity index is 933. The molecule has 1 radical (unpaired) electrons. The Morgan fingerprint density at radius 1 is 0.760 bits per heavy atom. The summed E-state index contributed by atoms with van der Waals surface area (Å²) >= 11 is 0. The van der Waals surface area contributed by atoms with Gasteiger partial charge >= 0.3 is 6.03 Å². The maximum Gasteiger partial charge on any atom is 0.333 e. The molecule has 0 saturated heterocycles. The van der Waals surface area contributed by atoms with Crippen LogP contribution in [0.3, 0.4) is 0 Å². The van der Waals surface area contributed by atoms with Crippen LogP contribution in [0, 0.1) is 6.08 Å². The fraction of sp³-hybridized carbons (Fsp3) is 0.0455. The molecule has 0 atom stereocenters. The Balaban J connectivity index is 1.95. The van der Waals surface area contributed by atoms with Gasteiger partial charge in [-0.25, -0.2) is 4.79 Å². The molecule has 3 aromatic rings. The van der Waals surface area contributed by atoms with Crippen LogP contribution in [0.15, 0.2) is 84.9 Å². The van der Waals surface area contributed by atoms with E-state index in [1.165, 1.54) is 0 Å². The standard InChI is InChI=1S/C22H17N2O/c1-23-20-15-9-8-14-19(20)21(16-17-10-4-2-5-11-17)24(22(23)25)18-12-6-3-7-13-18/h2-15H,1H3. The molecule has 3 aromatic carbocycles. The first-order valence-electron chi connectivity index (χ1n) is 8.17. The quantitative estimate of drug-likeness (QED) is 0.653. The summed E-state index contributed by atoms with van der Waals surface area (Å²) in [6.45, 7) is 0. The van der Waals surface area contributed by atoms with Crippen LogP contribution in [0.4, 0.5) is 16.2 Å². The highest BCUT2D eigenvalue weighted by Crippen LogP contribution is 2.38. The first-order valence-corrected chi connectivity index (χ1v) is 8.17. The smallest absolute Gasteiger partial charge is 0.296 e. The number of urea groups is 1. The molecule has 0 aromatic heterocycles. The van der Waals surface area contributed by atoms with Gasteiger partial charge in [0.2, 0.25) is 0 Å². The molecule has 121 valence electrons. The molecule has 0 aliphatic carbocycles. The molecule has 0 bridgehead atoms. The Hall–Kier alpha value is -3.33. The lowest BCUT2D eigenvalue weighted by molar-refractivity contribution is 0.254. The van der Waals surface area contributed by atoms with Crippen LogP contribution in [-0.4, -0.2) is 13.1 Å². The van der Waals surface area contributed by atoms with E-state index >= 15 is 0 Å². The summed E-state index contributed by atoms with van der Waals surface area (Å²) in [6.07, 6.45) is 3.43. The third-order valence-electron chi connectivity index (χ3n) is 4.27. The largest absolute Gasteiger partial charge is 0.333 e. The van der Waals surface area contributed by atoms with E-state index in [0.29, 0.717) is 0 Å². The van der Waals surface area contributed by atoms with Gasteiger partial charge in [-0.3, -0.25) is 9.80 Å². The lowest BCUT2D eigenvalue weighted by Gasteiger charge is -2.36. The number of benzene rings is 3. The van der Waals surface area contributed by atoms with Crippen molar-refractivity contribution in [1.29, 1.82) is 0 Å². The van der Waals surface area contributed by atoms with E-state index in [1.807, 2.05) is 84.9 Å². The molecule has 0 saturated carbocycles. The molecule has 0 fully saturated rings. The van der Waals surface area contributed by atoms with Gasteiger partial charge in [0.25, 0.3) is 0 Å². The van der Waals surface area contributed by atoms with E-state index in [2.05, 4.69) is 6.08 Å².